The number of piperidine rings is 1. The molecule has 152 valence electrons. The molecule has 1 saturated heterocycles. The lowest BCUT2D eigenvalue weighted by Crippen LogP contribution is -2.42. The van der Waals surface area contributed by atoms with Crippen molar-refractivity contribution in [1.82, 2.24) is 20.4 Å². The van der Waals surface area contributed by atoms with Crippen molar-refractivity contribution in [2.45, 2.75) is 58.8 Å². The standard InChI is InChI=1S/C22H32N4O2/c1-22(2,3)11-18-19-16(10-17(15-7-8-15)24-20(19)28-25-18)21(27)26-9-5-6-14(13-26)12-23-4/h10,14-15,23H,5-9,11-13H2,1-4H3. The number of amides is 1. The number of fused-ring (bicyclic) bond motifs is 1. The Morgan fingerprint density at radius 1 is 1.32 bits per heavy atom. The van der Waals surface area contributed by atoms with Crippen LogP contribution in [0.4, 0.5) is 0 Å². The molecule has 6 nitrogen and oxygen atoms in total. The second kappa shape index (κ2) is 7.47. The Kier molecular flexibility index (Phi) is 5.17. The maximum absolute atomic E-state index is 13.6. The van der Waals surface area contributed by atoms with Crippen LogP contribution in [0, 0.1) is 11.3 Å². The SMILES string of the molecule is CNCC1CCCN(C(=O)c2cc(C3CC3)nc3onc(CC(C)(C)C)c23)C1. The number of likely N-dealkylation sites (tertiary alicyclic amines) is 1. The molecule has 1 amide bonds. The molecule has 1 aliphatic carbocycles. The molecule has 1 N–H and O–H groups in total. The van der Waals surface area contributed by atoms with Gasteiger partial charge in [-0.3, -0.25) is 4.79 Å². The Balaban J connectivity index is 1.72. The van der Waals surface area contributed by atoms with Gasteiger partial charge in [0, 0.05) is 24.7 Å². The van der Waals surface area contributed by atoms with Crippen molar-refractivity contribution in [3.05, 3.63) is 23.0 Å². The van der Waals surface area contributed by atoms with Gasteiger partial charge in [0.25, 0.3) is 11.6 Å². The van der Waals surface area contributed by atoms with Gasteiger partial charge in [-0.25, -0.2) is 4.98 Å². The lowest BCUT2D eigenvalue weighted by molar-refractivity contribution is 0.0676. The van der Waals surface area contributed by atoms with Gasteiger partial charge in [-0.15, -0.1) is 0 Å². The van der Waals surface area contributed by atoms with Crippen LogP contribution in [0.25, 0.3) is 11.1 Å². The summed E-state index contributed by atoms with van der Waals surface area (Å²) >= 11 is 0. The van der Waals surface area contributed by atoms with Crippen molar-refractivity contribution in [1.29, 1.82) is 0 Å². The summed E-state index contributed by atoms with van der Waals surface area (Å²) < 4.78 is 5.61. The van der Waals surface area contributed by atoms with Crippen molar-refractivity contribution in [2.24, 2.45) is 11.3 Å². The van der Waals surface area contributed by atoms with Gasteiger partial charge < -0.3 is 14.7 Å². The van der Waals surface area contributed by atoms with E-state index in [1.807, 2.05) is 18.0 Å². The summed E-state index contributed by atoms with van der Waals surface area (Å²) in [6.45, 7) is 9.10. The quantitative estimate of drug-likeness (QED) is 0.850. The van der Waals surface area contributed by atoms with Crippen molar-refractivity contribution < 1.29 is 9.32 Å². The maximum Gasteiger partial charge on any atom is 0.259 e. The predicted molar refractivity (Wildman–Crippen MR) is 109 cm³/mol. The van der Waals surface area contributed by atoms with E-state index in [0.717, 1.165) is 67.7 Å². The Labute approximate surface area is 167 Å². The fourth-order valence-corrected chi connectivity index (χ4v) is 4.28. The second-order valence-electron chi connectivity index (χ2n) is 9.73. The molecular formula is C22H32N4O2. The molecule has 2 aromatic rings. The number of rotatable bonds is 5. The monoisotopic (exact) mass is 384 g/mol. The third-order valence-electron chi connectivity index (χ3n) is 5.76. The first-order valence-electron chi connectivity index (χ1n) is 10.6. The lowest BCUT2D eigenvalue weighted by atomic mass is 9.89. The zero-order valence-corrected chi connectivity index (χ0v) is 17.5. The fourth-order valence-electron chi connectivity index (χ4n) is 4.28. The molecule has 2 fully saturated rings. The number of carbonyl (C=O) groups is 1. The first-order valence-corrected chi connectivity index (χ1v) is 10.6. The molecule has 1 saturated carbocycles. The third kappa shape index (κ3) is 4.07. The lowest BCUT2D eigenvalue weighted by Gasteiger charge is -2.33. The van der Waals surface area contributed by atoms with Gasteiger partial charge >= 0.3 is 0 Å². The summed E-state index contributed by atoms with van der Waals surface area (Å²) in [6.07, 6.45) is 5.27. The van der Waals surface area contributed by atoms with E-state index in [4.69, 9.17) is 9.51 Å². The highest BCUT2D eigenvalue weighted by molar-refractivity contribution is 6.06. The number of aromatic nitrogens is 2. The van der Waals surface area contributed by atoms with Crippen molar-refractivity contribution in [3.8, 4) is 0 Å². The highest BCUT2D eigenvalue weighted by Gasteiger charge is 2.32. The van der Waals surface area contributed by atoms with E-state index < -0.39 is 0 Å². The van der Waals surface area contributed by atoms with Crippen LogP contribution in [0.5, 0.6) is 0 Å². The zero-order chi connectivity index (χ0) is 19.9. The molecule has 6 heteroatoms. The number of carbonyl (C=O) groups excluding carboxylic acids is 1. The normalized spacial score (nSPS) is 20.7. The number of hydrogen-bond donors (Lipinski definition) is 1. The Morgan fingerprint density at radius 3 is 2.79 bits per heavy atom. The molecule has 1 unspecified atom stereocenters. The third-order valence-corrected chi connectivity index (χ3v) is 5.76. The van der Waals surface area contributed by atoms with E-state index in [0.29, 0.717) is 17.5 Å². The molecular weight excluding hydrogens is 352 g/mol. The highest BCUT2D eigenvalue weighted by atomic mass is 16.5. The van der Waals surface area contributed by atoms with Gasteiger partial charge in [-0.1, -0.05) is 25.9 Å². The van der Waals surface area contributed by atoms with Gasteiger partial charge in [0.05, 0.1) is 16.6 Å². The van der Waals surface area contributed by atoms with E-state index in [1.165, 1.54) is 6.42 Å². The second-order valence-corrected chi connectivity index (χ2v) is 9.73. The van der Waals surface area contributed by atoms with Gasteiger partial charge in [0.15, 0.2) is 0 Å². The van der Waals surface area contributed by atoms with Crippen LogP contribution in [-0.2, 0) is 6.42 Å². The minimum absolute atomic E-state index is 0.0578. The minimum atomic E-state index is 0.0578. The molecule has 1 aliphatic heterocycles. The summed E-state index contributed by atoms with van der Waals surface area (Å²) in [4.78, 5) is 20.3. The number of nitrogens with one attached hydrogen (secondary N) is 1. The maximum atomic E-state index is 13.6. The summed E-state index contributed by atoms with van der Waals surface area (Å²) in [7, 11) is 1.98. The average Bonchev–Trinajstić information content (AvgIpc) is 3.43. The number of hydrogen-bond acceptors (Lipinski definition) is 5. The highest BCUT2D eigenvalue weighted by Crippen LogP contribution is 2.41. The van der Waals surface area contributed by atoms with E-state index >= 15 is 0 Å². The van der Waals surface area contributed by atoms with E-state index in [9.17, 15) is 4.79 Å². The summed E-state index contributed by atoms with van der Waals surface area (Å²) in [5.41, 5.74) is 3.15. The van der Waals surface area contributed by atoms with Crippen molar-refractivity contribution in [3.63, 3.8) is 0 Å². The summed E-state index contributed by atoms with van der Waals surface area (Å²) in [5.74, 6) is 1.08. The van der Waals surface area contributed by atoms with Crippen LogP contribution in [-0.4, -0.2) is 47.6 Å². The molecule has 0 radical (unpaired) electrons. The van der Waals surface area contributed by atoms with E-state index in [2.05, 4.69) is 31.2 Å². The molecule has 1 atom stereocenters. The summed E-state index contributed by atoms with van der Waals surface area (Å²) in [5, 5.41) is 8.39. The smallest absolute Gasteiger partial charge is 0.259 e. The largest absolute Gasteiger partial charge is 0.338 e. The minimum Gasteiger partial charge on any atom is -0.338 e. The first kappa shape index (κ1) is 19.4. The van der Waals surface area contributed by atoms with Crippen LogP contribution in [0.15, 0.2) is 10.6 Å². The molecule has 2 aromatic heterocycles. The van der Waals surface area contributed by atoms with Crippen molar-refractivity contribution >= 4 is 17.0 Å². The topological polar surface area (TPSA) is 71.3 Å². The van der Waals surface area contributed by atoms with Gasteiger partial charge in [-0.05, 0) is 63.1 Å². The van der Waals surface area contributed by atoms with Crippen LogP contribution in [0.2, 0.25) is 0 Å². The Bertz CT molecular complexity index is 861. The fraction of sp³-hybridized carbons (Fsp3) is 0.682. The van der Waals surface area contributed by atoms with Crippen molar-refractivity contribution in [2.75, 3.05) is 26.7 Å². The van der Waals surface area contributed by atoms with Gasteiger partial charge in [0.1, 0.15) is 0 Å². The number of nitrogens with zero attached hydrogens (tertiary/aromatic N) is 3. The van der Waals surface area contributed by atoms with Gasteiger partial charge in [-0.2, -0.15) is 0 Å². The predicted octanol–water partition coefficient (Wildman–Crippen LogP) is 3.76. The average molecular weight is 385 g/mol. The molecule has 28 heavy (non-hydrogen) atoms. The first-order chi connectivity index (χ1) is 13.4. The van der Waals surface area contributed by atoms with Crippen LogP contribution in [0.1, 0.15) is 74.1 Å². The molecule has 0 aromatic carbocycles. The zero-order valence-electron chi connectivity index (χ0n) is 17.5. The van der Waals surface area contributed by atoms with E-state index in [1.54, 1.807) is 0 Å². The van der Waals surface area contributed by atoms with E-state index in [-0.39, 0.29) is 11.3 Å². The number of pyridine rings is 1. The molecule has 2 aliphatic rings. The Hall–Kier alpha value is -1.95. The molecule has 0 spiro atoms. The van der Waals surface area contributed by atoms with Crippen LogP contribution >= 0.6 is 0 Å². The van der Waals surface area contributed by atoms with Gasteiger partial charge in [0.2, 0.25) is 0 Å². The molecule has 4 rings (SSSR count). The molecule has 3 heterocycles. The Morgan fingerprint density at radius 2 is 2.11 bits per heavy atom. The summed E-state index contributed by atoms with van der Waals surface area (Å²) in [6, 6.07) is 2.02. The van der Waals surface area contributed by atoms with Crippen LogP contribution < -0.4 is 5.32 Å². The molecule has 0 bridgehead atoms. The van der Waals surface area contributed by atoms with Crippen LogP contribution in [0.3, 0.4) is 0 Å².